The number of aromatic hydroxyl groups is 1. The first-order valence-electron chi connectivity index (χ1n) is 14.4. The average Bonchev–Trinajstić information content (AvgIpc) is 2.91. The molecule has 2 aromatic carbocycles. The normalized spacial score (nSPS) is 20.1. The maximum atomic E-state index is 13.7. The van der Waals surface area contributed by atoms with Gasteiger partial charge in [0, 0.05) is 52.1 Å². The fraction of sp³-hybridized carbons (Fsp3) is 0.562. The summed E-state index contributed by atoms with van der Waals surface area (Å²) in [6, 6.07) is 16.1. The molecule has 4 rings (SSSR count). The van der Waals surface area contributed by atoms with Crippen LogP contribution in [0.15, 0.2) is 48.5 Å². The number of carbonyl (C=O) groups is 2. The topological polar surface area (TPSA) is 73.3 Å². The number of carbonyl (C=O) groups excluding carboxylic acids is 2. The molecule has 2 aliphatic heterocycles. The number of piperazine rings is 1. The first-order valence-corrected chi connectivity index (χ1v) is 14.4. The predicted octanol–water partition coefficient (Wildman–Crippen LogP) is 5.09. The van der Waals surface area contributed by atoms with Crippen LogP contribution in [-0.4, -0.2) is 77.0 Å². The number of phenols is 1. The van der Waals surface area contributed by atoms with E-state index in [0.717, 1.165) is 44.6 Å². The van der Waals surface area contributed by atoms with Crippen LogP contribution in [0.2, 0.25) is 0 Å². The Hall–Kier alpha value is -3.06. The minimum atomic E-state index is -0.0982. The van der Waals surface area contributed by atoms with Crippen LogP contribution >= 0.6 is 0 Å². The smallest absolute Gasteiger partial charge is 0.223 e. The third-order valence-corrected chi connectivity index (χ3v) is 8.33. The molecular formula is C32H45N3O4. The van der Waals surface area contributed by atoms with Crippen molar-refractivity contribution in [3.05, 3.63) is 59.7 Å². The summed E-state index contributed by atoms with van der Waals surface area (Å²) in [5.74, 6) is 1.32. The van der Waals surface area contributed by atoms with E-state index in [9.17, 15) is 14.7 Å². The Morgan fingerprint density at radius 2 is 1.69 bits per heavy atom. The van der Waals surface area contributed by atoms with Crippen molar-refractivity contribution in [3.8, 4) is 11.5 Å². The number of rotatable bonds is 7. The number of phenolic OH excluding ortho intramolecular Hbond substituents is 1. The van der Waals surface area contributed by atoms with Crippen LogP contribution in [0.1, 0.15) is 71.0 Å². The van der Waals surface area contributed by atoms with Crippen LogP contribution in [0, 0.1) is 11.3 Å². The molecule has 1 unspecified atom stereocenters. The molecule has 2 aromatic rings. The number of hydrogen-bond acceptors (Lipinski definition) is 5. The van der Waals surface area contributed by atoms with Crippen molar-refractivity contribution in [2.75, 3.05) is 39.3 Å². The molecule has 0 bridgehead atoms. The van der Waals surface area contributed by atoms with E-state index >= 15 is 0 Å². The third-order valence-electron chi connectivity index (χ3n) is 8.33. The summed E-state index contributed by atoms with van der Waals surface area (Å²) < 4.78 is 5.72. The maximum absolute atomic E-state index is 13.7. The summed E-state index contributed by atoms with van der Waals surface area (Å²) in [6.45, 7) is 14.4. The first kappa shape index (κ1) is 28.9. The van der Waals surface area contributed by atoms with E-state index in [2.05, 4.69) is 54.8 Å². The number of likely N-dealkylation sites (tertiary alicyclic amines) is 1. The number of piperidine rings is 1. The van der Waals surface area contributed by atoms with Gasteiger partial charge in [-0.05, 0) is 54.4 Å². The van der Waals surface area contributed by atoms with Crippen molar-refractivity contribution in [3.63, 3.8) is 0 Å². The monoisotopic (exact) mass is 535 g/mol. The predicted molar refractivity (Wildman–Crippen MR) is 154 cm³/mol. The molecule has 0 radical (unpaired) electrons. The van der Waals surface area contributed by atoms with Crippen LogP contribution in [0.4, 0.5) is 0 Å². The van der Waals surface area contributed by atoms with Crippen LogP contribution < -0.4 is 4.74 Å². The second-order valence-electron chi connectivity index (χ2n) is 12.1. The number of hydrogen-bond donors (Lipinski definition) is 1. The van der Waals surface area contributed by atoms with Gasteiger partial charge in [-0.2, -0.15) is 0 Å². The first-order chi connectivity index (χ1) is 18.6. The molecule has 2 atom stereocenters. The molecule has 0 aromatic heterocycles. The molecule has 0 spiro atoms. The molecule has 2 amide bonds. The minimum Gasteiger partial charge on any atom is -0.504 e. The van der Waals surface area contributed by atoms with E-state index in [1.807, 2.05) is 30.0 Å². The molecule has 2 fully saturated rings. The van der Waals surface area contributed by atoms with Crippen LogP contribution in [-0.2, 0) is 9.59 Å². The van der Waals surface area contributed by atoms with Crippen LogP contribution in [0.3, 0.4) is 0 Å². The molecule has 2 saturated heterocycles. The van der Waals surface area contributed by atoms with E-state index in [4.69, 9.17) is 4.74 Å². The van der Waals surface area contributed by atoms with E-state index in [1.54, 1.807) is 13.0 Å². The Bertz CT molecular complexity index is 1120. The van der Waals surface area contributed by atoms with Gasteiger partial charge >= 0.3 is 0 Å². The van der Waals surface area contributed by atoms with E-state index in [0.29, 0.717) is 31.2 Å². The lowest BCUT2D eigenvalue weighted by Crippen LogP contribution is -2.60. The van der Waals surface area contributed by atoms with Crippen LogP contribution in [0.5, 0.6) is 11.5 Å². The van der Waals surface area contributed by atoms with Gasteiger partial charge in [-0.25, -0.2) is 0 Å². The standard InChI is InChI=1S/C32H45N3O4/c1-6-39-28-21-26(12-13-27(28)37)31(25-10-8-7-9-11-25)34-18-19-35(29(22-34)32(3,4)5)30(38)20-24-14-16-33(17-15-24)23(2)36/h7-13,21,24,29,31,37H,6,14-20,22H2,1-5H3/t29-,31?/m1/s1. The highest BCUT2D eigenvalue weighted by molar-refractivity contribution is 5.77. The highest BCUT2D eigenvalue weighted by atomic mass is 16.5. The second kappa shape index (κ2) is 12.4. The molecule has 0 saturated carbocycles. The third kappa shape index (κ3) is 6.93. The lowest BCUT2D eigenvalue weighted by Gasteiger charge is -2.50. The molecule has 7 nitrogen and oxygen atoms in total. The van der Waals surface area contributed by atoms with Gasteiger partial charge in [-0.1, -0.05) is 57.2 Å². The Kier molecular flexibility index (Phi) is 9.21. The highest BCUT2D eigenvalue weighted by Gasteiger charge is 2.41. The van der Waals surface area contributed by atoms with Crippen molar-refractivity contribution in [2.45, 2.75) is 66.0 Å². The summed E-state index contributed by atoms with van der Waals surface area (Å²) >= 11 is 0. The Morgan fingerprint density at radius 3 is 2.31 bits per heavy atom. The molecule has 1 N–H and O–H groups in total. The van der Waals surface area contributed by atoms with Gasteiger partial charge in [-0.3, -0.25) is 14.5 Å². The summed E-state index contributed by atoms with van der Waals surface area (Å²) in [5, 5.41) is 10.3. The van der Waals surface area contributed by atoms with Gasteiger partial charge in [0.15, 0.2) is 11.5 Å². The maximum Gasteiger partial charge on any atom is 0.223 e. The quantitative estimate of drug-likeness (QED) is 0.535. The summed E-state index contributed by atoms with van der Waals surface area (Å²) in [4.78, 5) is 31.9. The fourth-order valence-corrected chi connectivity index (χ4v) is 6.12. The number of ether oxygens (including phenoxy) is 1. The van der Waals surface area contributed by atoms with Crippen molar-refractivity contribution < 1.29 is 19.4 Å². The number of amides is 2. The SMILES string of the molecule is CCOc1cc(C(c2ccccc2)N2CCN(C(=O)CC3CCN(C(C)=O)CC3)[C@@H](C(C)(C)C)C2)ccc1O. The number of nitrogens with zero attached hydrogens (tertiary/aromatic N) is 3. The zero-order valence-electron chi connectivity index (χ0n) is 24.2. The summed E-state index contributed by atoms with van der Waals surface area (Å²) in [6.07, 6.45) is 2.34. The largest absolute Gasteiger partial charge is 0.504 e. The van der Waals surface area contributed by atoms with Crippen molar-refractivity contribution in [2.24, 2.45) is 11.3 Å². The van der Waals surface area contributed by atoms with E-state index in [-0.39, 0.29) is 35.1 Å². The highest BCUT2D eigenvalue weighted by Crippen LogP contribution is 2.38. The second-order valence-corrected chi connectivity index (χ2v) is 12.1. The molecule has 0 aliphatic carbocycles. The lowest BCUT2D eigenvalue weighted by molar-refractivity contribution is -0.141. The fourth-order valence-electron chi connectivity index (χ4n) is 6.12. The van der Waals surface area contributed by atoms with Gasteiger partial charge in [-0.15, -0.1) is 0 Å². The average molecular weight is 536 g/mol. The van der Waals surface area contributed by atoms with Crippen molar-refractivity contribution in [1.29, 1.82) is 0 Å². The van der Waals surface area contributed by atoms with Crippen LogP contribution in [0.25, 0.3) is 0 Å². The lowest BCUT2D eigenvalue weighted by atomic mass is 9.82. The Morgan fingerprint density at radius 1 is 1.00 bits per heavy atom. The van der Waals surface area contributed by atoms with Crippen molar-refractivity contribution >= 4 is 11.8 Å². The van der Waals surface area contributed by atoms with E-state index in [1.165, 1.54) is 5.56 Å². The van der Waals surface area contributed by atoms with E-state index < -0.39 is 0 Å². The zero-order valence-corrected chi connectivity index (χ0v) is 24.2. The molecule has 39 heavy (non-hydrogen) atoms. The number of benzene rings is 2. The summed E-state index contributed by atoms with van der Waals surface area (Å²) in [7, 11) is 0. The van der Waals surface area contributed by atoms with Gasteiger partial charge in [0.1, 0.15) is 0 Å². The van der Waals surface area contributed by atoms with Gasteiger partial charge in [0.25, 0.3) is 0 Å². The summed E-state index contributed by atoms with van der Waals surface area (Å²) in [5.41, 5.74) is 2.14. The molecule has 2 heterocycles. The molecule has 7 heteroatoms. The van der Waals surface area contributed by atoms with Gasteiger partial charge in [0.2, 0.25) is 11.8 Å². The zero-order chi connectivity index (χ0) is 28.2. The molecule has 212 valence electrons. The Balaban J connectivity index is 1.56. The van der Waals surface area contributed by atoms with Crippen molar-refractivity contribution in [1.82, 2.24) is 14.7 Å². The Labute approximate surface area is 233 Å². The minimum absolute atomic E-state index is 0.0241. The molecule has 2 aliphatic rings. The molecular weight excluding hydrogens is 490 g/mol. The van der Waals surface area contributed by atoms with Gasteiger partial charge in [0.05, 0.1) is 12.6 Å². The van der Waals surface area contributed by atoms with Gasteiger partial charge < -0.3 is 19.6 Å².